The lowest BCUT2D eigenvalue weighted by Gasteiger charge is -2.32. The molecule has 10 heteroatoms. The van der Waals surface area contributed by atoms with E-state index < -0.39 is 10.0 Å². The number of aromatic nitrogens is 1. The molecule has 2 aliphatic heterocycles. The summed E-state index contributed by atoms with van der Waals surface area (Å²) < 4.78 is 37.7. The van der Waals surface area contributed by atoms with Gasteiger partial charge >= 0.3 is 0 Å². The molecule has 1 atom stereocenters. The van der Waals surface area contributed by atoms with Gasteiger partial charge in [-0.2, -0.15) is 4.31 Å². The molecule has 1 amide bonds. The number of ether oxygens (including phenoxy) is 2. The van der Waals surface area contributed by atoms with Gasteiger partial charge in [-0.05, 0) is 42.7 Å². The van der Waals surface area contributed by atoms with Gasteiger partial charge in [0.15, 0.2) is 0 Å². The number of nitrogens with one attached hydrogen (secondary N) is 1. The van der Waals surface area contributed by atoms with Gasteiger partial charge in [-0.3, -0.25) is 4.79 Å². The first-order valence-electron chi connectivity index (χ1n) is 11.7. The van der Waals surface area contributed by atoms with Crippen LogP contribution in [0.3, 0.4) is 0 Å². The third kappa shape index (κ3) is 6.32. The van der Waals surface area contributed by atoms with Crippen molar-refractivity contribution in [2.45, 2.75) is 37.3 Å². The number of benzene rings is 1. The van der Waals surface area contributed by atoms with Crippen LogP contribution in [0.2, 0.25) is 0 Å². The van der Waals surface area contributed by atoms with Gasteiger partial charge in [-0.15, -0.1) is 0 Å². The quantitative estimate of drug-likeness (QED) is 0.602. The zero-order valence-electron chi connectivity index (χ0n) is 19.5. The minimum Gasteiger partial charge on any atom is -0.379 e. The van der Waals surface area contributed by atoms with Crippen LogP contribution in [-0.2, 0) is 37.3 Å². The van der Waals surface area contributed by atoms with E-state index in [0.717, 1.165) is 30.0 Å². The Bertz CT molecular complexity index is 1050. The lowest BCUT2D eigenvalue weighted by Crippen LogP contribution is -2.41. The van der Waals surface area contributed by atoms with E-state index in [0.29, 0.717) is 52.3 Å². The molecule has 1 aromatic heterocycles. The SMILES string of the molecule is CC1CN(c2ccc(CNC(=O)CCc3ccc(S(=O)(=O)N4CCOCC4)cc3)cn2)CCO1. The molecule has 0 aliphatic carbocycles. The van der Waals surface area contributed by atoms with E-state index in [1.807, 2.05) is 12.1 Å². The Morgan fingerprint density at radius 3 is 2.47 bits per heavy atom. The van der Waals surface area contributed by atoms with Crippen LogP contribution in [0.4, 0.5) is 5.82 Å². The minimum atomic E-state index is -3.50. The molecule has 0 bridgehead atoms. The van der Waals surface area contributed by atoms with E-state index in [-0.39, 0.29) is 16.9 Å². The van der Waals surface area contributed by atoms with Crippen molar-refractivity contribution in [2.24, 2.45) is 0 Å². The Morgan fingerprint density at radius 2 is 1.79 bits per heavy atom. The van der Waals surface area contributed by atoms with Crippen LogP contribution in [-0.4, -0.2) is 75.7 Å². The Labute approximate surface area is 201 Å². The number of aryl methyl sites for hydroxylation is 1. The number of carbonyl (C=O) groups is 1. The first kappa shape index (κ1) is 24.6. The third-order valence-electron chi connectivity index (χ3n) is 6.04. The Kier molecular flexibility index (Phi) is 8.15. The first-order valence-corrected chi connectivity index (χ1v) is 13.1. The average Bonchev–Trinajstić information content (AvgIpc) is 2.87. The lowest BCUT2D eigenvalue weighted by molar-refractivity contribution is -0.121. The summed E-state index contributed by atoms with van der Waals surface area (Å²) in [5.41, 5.74) is 1.86. The maximum atomic E-state index is 12.7. The predicted molar refractivity (Wildman–Crippen MR) is 128 cm³/mol. The molecule has 4 rings (SSSR count). The number of anilines is 1. The van der Waals surface area contributed by atoms with Crippen molar-refractivity contribution < 1.29 is 22.7 Å². The second kappa shape index (κ2) is 11.3. The van der Waals surface area contributed by atoms with Gasteiger partial charge in [0.05, 0.1) is 30.8 Å². The highest BCUT2D eigenvalue weighted by Gasteiger charge is 2.26. The summed E-state index contributed by atoms with van der Waals surface area (Å²) in [6.07, 6.45) is 2.85. The van der Waals surface area contributed by atoms with Gasteiger partial charge in [-0.1, -0.05) is 18.2 Å². The number of hydrogen-bond acceptors (Lipinski definition) is 7. The molecular weight excluding hydrogens is 456 g/mol. The van der Waals surface area contributed by atoms with E-state index in [1.165, 1.54) is 4.31 Å². The number of nitrogens with zero attached hydrogens (tertiary/aromatic N) is 3. The molecule has 3 heterocycles. The number of pyridine rings is 1. The van der Waals surface area contributed by atoms with Gasteiger partial charge in [0, 0.05) is 45.3 Å². The maximum absolute atomic E-state index is 12.7. The molecule has 9 nitrogen and oxygen atoms in total. The van der Waals surface area contributed by atoms with Crippen LogP contribution in [0.1, 0.15) is 24.5 Å². The summed E-state index contributed by atoms with van der Waals surface area (Å²) in [5, 5.41) is 2.93. The van der Waals surface area contributed by atoms with Crippen LogP contribution in [0, 0.1) is 0 Å². The largest absolute Gasteiger partial charge is 0.379 e. The highest BCUT2D eigenvalue weighted by Crippen LogP contribution is 2.18. The van der Waals surface area contributed by atoms with Gasteiger partial charge in [0.2, 0.25) is 15.9 Å². The van der Waals surface area contributed by atoms with Gasteiger partial charge in [0.25, 0.3) is 0 Å². The number of morpholine rings is 2. The molecule has 34 heavy (non-hydrogen) atoms. The van der Waals surface area contributed by atoms with Crippen LogP contribution in [0.15, 0.2) is 47.5 Å². The summed E-state index contributed by atoms with van der Waals surface area (Å²) in [5.74, 6) is 0.861. The van der Waals surface area contributed by atoms with Gasteiger partial charge in [-0.25, -0.2) is 13.4 Å². The van der Waals surface area contributed by atoms with Crippen molar-refractivity contribution in [3.63, 3.8) is 0 Å². The van der Waals surface area contributed by atoms with Crippen molar-refractivity contribution in [1.82, 2.24) is 14.6 Å². The average molecular weight is 489 g/mol. The van der Waals surface area contributed by atoms with Crippen molar-refractivity contribution in [1.29, 1.82) is 0 Å². The Hall–Kier alpha value is -2.53. The topological polar surface area (TPSA) is 101 Å². The molecule has 1 N–H and O–H groups in total. The normalized spacial score (nSPS) is 19.7. The van der Waals surface area contributed by atoms with Crippen LogP contribution in [0.25, 0.3) is 0 Å². The molecule has 2 aliphatic rings. The van der Waals surface area contributed by atoms with Crippen molar-refractivity contribution in [3.05, 3.63) is 53.7 Å². The summed E-state index contributed by atoms with van der Waals surface area (Å²) >= 11 is 0. The second-order valence-electron chi connectivity index (χ2n) is 8.59. The van der Waals surface area contributed by atoms with Crippen LogP contribution < -0.4 is 10.2 Å². The second-order valence-corrected chi connectivity index (χ2v) is 10.5. The van der Waals surface area contributed by atoms with E-state index in [9.17, 15) is 13.2 Å². The standard InChI is InChI=1S/C24H32N4O5S/c1-19-18-27(10-15-33-19)23-8-4-21(16-25-23)17-26-24(29)9-5-20-2-6-22(7-3-20)34(30,31)28-11-13-32-14-12-28/h2-4,6-8,16,19H,5,9-15,17-18H2,1H3,(H,26,29). The van der Waals surface area contributed by atoms with Crippen LogP contribution in [0.5, 0.6) is 0 Å². The maximum Gasteiger partial charge on any atom is 0.243 e. The number of carbonyl (C=O) groups excluding carboxylic acids is 1. The molecule has 2 saturated heterocycles. The highest BCUT2D eigenvalue weighted by atomic mass is 32.2. The molecule has 0 spiro atoms. The monoisotopic (exact) mass is 488 g/mol. The molecule has 184 valence electrons. The number of sulfonamides is 1. The summed E-state index contributed by atoms with van der Waals surface area (Å²) in [4.78, 5) is 19.3. The minimum absolute atomic E-state index is 0.0592. The molecule has 2 fully saturated rings. The first-order chi connectivity index (χ1) is 16.4. The zero-order valence-corrected chi connectivity index (χ0v) is 20.3. The molecule has 0 radical (unpaired) electrons. The van der Waals surface area contributed by atoms with E-state index in [1.54, 1.807) is 30.5 Å². The van der Waals surface area contributed by atoms with E-state index in [4.69, 9.17) is 9.47 Å². The van der Waals surface area contributed by atoms with E-state index >= 15 is 0 Å². The summed E-state index contributed by atoms with van der Waals surface area (Å²) in [6, 6.07) is 10.7. The lowest BCUT2D eigenvalue weighted by atomic mass is 10.1. The third-order valence-corrected chi connectivity index (χ3v) is 7.95. The number of rotatable bonds is 8. The smallest absolute Gasteiger partial charge is 0.243 e. The Balaban J connectivity index is 1.22. The molecule has 2 aromatic rings. The number of amides is 1. The predicted octanol–water partition coefficient (Wildman–Crippen LogP) is 1.58. The fourth-order valence-corrected chi connectivity index (χ4v) is 5.45. The molecule has 0 saturated carbocycles. The fraction of sp³-hybridized carbons (Fsp3) is 0.500. The van der Waals surface area contributed by atoms with Gasteiger partial charge < -0.3 is 19.7 Å². The van der Waals surface area contributed by atoms with Crippen molar-refractivity contribution in [2.75, 3.05) is 50.9 Å². The summed E-state index contributed by atoms with van der Waals surface area (Å²) in [7, 11) is -3.50. The fourth-order valence-electron chi connectivity index (χ4n) is 4.05. The summed E-state index contributed by atoms with van der Waals surface area (Å²) in [6.45, 7) is 6.40. The molecular formula is C24H32N4O5S. The van der Waals surface area contributed by atoms with E-state index in [2.05, 4.69) is 22.1 Å². The molecule has 1 aromatic carbocycles. The van der Waals surface area contributed by atoms with Gasteiger partial charge in [0.1, 0.15) is 5.82 Å². The van der Waals surface area contributed by atoms with Crippen molar-refractivity contribution in [3.8, 4) is 0 Å². The number of hydrogen-bond donors (Lipinski definition) is 1. The Morgan fingerprint density at radius 1 is 1.06 bits per heavy atom. The zero-order chi connectivity index (χ0) is 24.0. The highest BCUT2D eigenvalue weighted by molar-refractivity contribution is 7.89. The molecule has 1 unspecified atom stereocenters. The van der Waals surface area contributed by atoms with Crippen molar-refractivity contribution >= 4 is 21.7 Å². The van der Waals surface area contributed by atoms with Crippen LogP contribution >= 0.6 is 0 Å².